The van der Waals surface area contributed by atoms with Crippen molar-refractivity contribution in [3.05, 3.63) is 27.1 Å². The first kappa shape index (κ1) is 15.1. The molecule has 1 heterocycles. The van der Waals surface area contributed by atoms with Crippen molar-refractivity contribution in [1.29, 1.82) is 0 Å². The molecule has 0 bridgehead atoms. The highest BCUT2D eigenvalue weighted by Crippen LogP contribution is 2.22. The number of rotatable bonds is 7. The summed E-state index contributed by atoms with van der Waals surface area (Å²) in [7, 11) is 4.12. The molecule has 102 valence electrons. The minimum absolute atomic E-state index is 0.186. The second-order valence-corrected chi connectivity index (χ2v) is 6.45. The molecule has 1 aromatic heterocycles. The molecule has 0 unspecified atom stereocenters. The lowest BCUT2D eigenvalue weighted by atomic mass is 9.93. The maximum Gasteiger partial charge on any atom is 0.324 e. The Morgan fingerprint density at radius 1 is 1.50 bits per heavy atom. The number of hydrogen-bond donors (Lipinski definition) is 1. The molecule has 18 heavy (non-hydrogen) atoms. The third-order valence-electron chi connectivity index (χ3n) is 2.50. The molecular formula is C12H21N3O2S. The standard InChI is InChI=1S/C12H21N3O2S/c1-12(2,9-14(3)4)8-13-6-10-5-11(15(16)17)18-7-10/h5,7,13H,6,8-9H2,1-4H3. The quantitative estimate of drug-likeness (QED) is 0.611. The molecule has 0 spiro atoms. The minimum Gasteiger partial charge on any atom is -0.312 e. The summed E-state index contributed by atoms with van der Waals surface area (Å²) < 4.78 is 0. The fourth-order valence-electron chi connectivity index (χ4n) is 2.01. The third-order valence-corrected chi connectivity index (χ3v) is 3.43. The summed E-state index contributed by atoms with van der Waals surface area (Å²) in [5, 5.41) is 16.0. The second-order valence-electron chi connectivity index (χ2n) is 5.56. The van der Waals surface area contributed by atoms with E-state index < -0.39 is 0 Å². The van der Waals surface area contributed by atoms with Crippen LogP contribution in [-0.4, -0.2) is 37.0 Å². The van der Waals surface area contributed by atoms with Gasteiger partial charge >= 0.3 is 5.00 Å². The molecule has 0 aromatic carbocycles. The first-order valence-electron chi connectivity index (χ1n) is 5.87. The van der Waals surface area contributed by atoms with Crippen molar-refractivity contribution < 1.29 is 4.92 Å². The van der Waals surface area contributed by atoms with E-state index in [1.165, 1.54) is 11.3 Å². The lowest BCUT2D eigenvalue weighted by Gasteiger charge is -2.28. The van der Waals surface area contributed by atoms with Gasteiger partial charge in [0.05, 0.1) is 4.92 Å². The Labute approximate surface area is 112 Å². The van der Waals surface area contributed by atoms with E-state index in [2.05, 4.69) is 38.2 Å². The molecule has 0 saturated heterocycles. The summed E-state index contributed by atoms with van der Waals surface area (Å²) in [6.45, 7) is 6.98. The van der Waals surface area contributed by atoms with Crippen LogP contribution in [-0.2, 0) is 6.54 Å². The van der Waals surface area contributed by atoms with Crippen LogP contribution in [0.1, 0.15) is 19.4 Å². The largest absolute Gasteiger partial charge is 0.324 e. The van der Waals surface area contributed by atoms with Gasteiger partial charge in [0.2, 0.25) is 0 Å². The fourth-order valence-corrected chi connectivity index (χ4v) is 2.74. The van der Waals surface area contributed by atoms with Crippen LogP contribution in [0.15, 0.2) is 11.4 Å². The predicted octanol–water partition coefficient (Wildman–Crippen LogP) is 2.33. The van der Waals surface area contributed by atoms with E-state index in [4.69, 9.17) is 0 Å². The van der Waals surface area contributed by atoms with E-state index >= 15 is 0 Å². The molecule has 5 nitrogen and oxygen atoms in total. The van der Waals surface area contributed by atoms with Crippen LogP contribution in [0.25, 0.3) is 0 Å². The maximum absolute atomic E-state index is 10.6. The van der Waals surface area contributed by atoms with Gasteiger partial charge in [0.1, 0.15) is 0 Å². The van der Waals surface area contributed by atoms with Crippen LogP contribution in [0, 0.1) is 15.5 Å². The van der Waals surface area contributed by atoms with Gasteiger partial charge in [-0.15, -0.1) is 0 Å². The maximum atomic E-state index is 10.6. The summed E-state index contributed by atoms with van der Waals surface area (Å²) in [4.78, 5) is 12.4. The smallest absolute Gasteiger partial charge is 0.312 e. The van der Waals surface area contributed by atoms with Crippen molar-refractivity contribution in [2.45, 2.75) is 20.4 Å². The summed E-state index contributed by atoms with van der Waals surface area (Å²) in [6, 6.07) is 1.64. The van der Waals surface area contributed by atoms with Crippen molar-refractivity contribution in [3.63, 3.8) is 0 Å². The highest BCUT2D eigenvalue weighted by Gasteiger charge is 2.18. The van der Waals surface area contributed by atoms with Gasteiger partial charge in [0, 0.05) is 31.1 Å². The molecule has 1 N–H and O–H groups in total. The molecule has 0 saturated carbocycles. The Kier molecular flexibility index (Phi) is 5.25. The summed E-state index contributed by atoms with van der Waals surface area (Å²) in [5.41, 5.74) is 1.16. The van der Waals surface area contributed by atoms with Crippen LogP contribution in [0.5, 0.6) is 0 Å². The monoisotopic (exact) mass is 271 g/mol. The Hall–Kier alpha value is -0.980. The van der Waals surface area contributed by atoms with Crippen molar-refractivity contribution in [3.8, 4) is 0 Å². The van der Waals surface area contributed by atoms with Crippen molar-refractivity contribution in [2.24, 2.45) is 5.41 Å². The SMILES string of the molecule is CN(C)CC(C)(C)CNCc1csc([N+](=O)[O-])c1. The molecule has 0 aliphatic carbocycles. The molecule has 0 radical (unpaired) electrons. The number of nitro groups is 1. The van der Waals surface area contributed by atoms with E-state index in [0.29, 0.717) is 6.54 Å². The van der Waals surface area contributed by atoms with Crippen molar-refractivity contribution >= 4 is 16.3 Å². The van der Waals surface area contributed by atoms with E-state index in [1.54, 1.807) is 6.07 Å². The van der Waals surface area contributed by atoms with Crippen LogP contribution >= 0.6 is 11.3 Å². The van der Waals surface area contributed by atoms with E-state index in [1.807, 2.05) is 5.38 Å². The predicted molar refractivity (Wildman–Crippen MR) is 75.0 cm³/mol. The van der Waals surface area contributed by atoms with Gasteiger partial charge in [-0.05, 0) is 25.1 Å². The Bertz CT molecular complexity index is 402. The number of nitrogens with zero attached hydrogens (tertiary/aromatic N) is 2. The topological polar surface area (TPSA) is 58.4 Å². The summed E-state index contributed by atoms with van der Waals surface area (Å²) >= 11 is 1.18. The van der Waals surface area contributed by atoms with Gasteiger partial charge in [-0.25, -0.2) is 0 Å². The Morgan fingerprint density at radius 2 is 2.17 bits per heavy atom. The lowest BCUT2D eigenvalue weighted by molar-refractivity contribution is -0.380. The molecule has 0 fully saturated rings. The lowest BCUT2D eigenvalue weighted by Crippen LogP contribution is -2.37. The number of nitrogens with one attached hydrogen (secondary N) is 1. The molecule has 0 atom stereocenters. The van der Waals surface area contributed by atoms with Gasteiger partial charge in [-0.2, -0.15) is 0 Å². The molecule has 0 amide bonds. The molecule has 0 aliphatic rings. The fraction of sp³-hybridized carbons (Fsp3) is 0.667. The molecular weight excluding hydrogens is 250 g/mol. The zero-order valence-corrected chi connectivity index (χ0v) is 12.2. The van der Waals surface area contributed by atoms with Crippen LogP contribution in [0.3, 0.4) is 0 Å². The molecule has 1 rings (SSSR count). The van der Waals surface area contributed by atoms with Crippen LogP contribution < -0.4 is 5.32 Å². The van der Waals surface area contributed by atoms with Crippen molar-refractivity contribution in [1.82, 2.24) is 10.2 Å². The molecule has 1 aromatic rings. The van der Waals surface area contributed by atoms with Gasteiger partial charge < -0.3 is 10.2 Å². The first-order valence-corrected chi connectivity index (χ1v) is 6.75. The van der Waals surface area contributed by atoms with E-state index in [9.17, 15) is 10.1 Å². The van der Waals surface area contributed by atoms with Crippen LogP contribution in [0.2, 0.25) is 0 Å². The Morgan fingerprint density at radius 3 is 2.67 bits per heavy atom. The van der Waals surface area contributed by atoms with Gasteiger partial charge in [0.25, 0.3) is 0 Å². The van der Waals surface area contributed by atoms with E-state index in [-0.39, 0.29) is 15.3 Å². The summed E-state index contributed by atoms with van der Waals surface area (Å²) in [6.07, 6.45) is 0. The third kappa shape index (κ3) is 5.12. The Balaban J connectivity index is 2.39. The highest BCUT2D eigenvalue weighted by molar-refractivity contribution is 7.13. The van der Waals surface area contributed by atoms with Crippen LogP contribution in [0.4, 0.5) is 5.00 Å². The van der Waals surface area contributed by atoms with E-state index in [0.717, 1.165) is 18.7 Å². The average Bonchev–Trinajstić information content (AvgIpc) is 2.63. The average molecular weight is 271 g/mol. The number of thiophene rings is 1. The highest BCUT2D eigenvalue weighted by atomic mass is 32.1. The minimum atomic E-state index is -0.343. The normalized spacial score (nSPS) is 12.1. The zero-order chi connectivity index (χ0) is 13.8. The molecule has 6 heteroatoms. The van der Waals surface area contributed by atoms with Gasteiger partial charge in [-0.1, -0.05) is 25.2 Å². The van der Waals surface area contributed by atoms with Gasteiger partial charge in [-0.3, -0.25) is 10.1 Å². The zero-order valence-electron chi connectivity index (χ0n) is 11.4. The first-order chi connectivity index (χ1) is 8.30. The second kappa shape index (κ2) is 6.26. The number of hydrogen-bond acceptors (Lipinski definition) is 5. The van der Waals surface area contributed by atoms with Gasteiger partial charge in [0.15, 0.2) is 0 Å². The summed E-state index contributed by atoms with van der Waals surface area (Å²) in [5.74, 6) is 0. The van der Waals surface area contributed by atoms with Crippen molar-refractivity contribution in [2.75, 3.05) is 27.2 Å². The molecule has 0 aliphatic heterocycles.